The van der Waals surface area contributed by atoms with Gasteiger partial charge in [-0.1, -0.05) is 18.6 Å². The molecule has 1 aromatic carbocycles. The number of piperidine rings is 1. The molecule has 2 aromatic rings. The van der Waals surface area contributed by atoms with Gasteiger partial charge in [0, 0.05) is 25.2 Å². The van der Waals surface area contributed by atoms with Crippen LogP contribution in [-0.2, 0) is 10.0 Å². The first kappa shape index (κ1) is 22.2. The molecule has 0 bridgehead atoms. The Morgan fingerprint density at radius 1 is 0.968 bits per heavy atom. The van der Waals surface area contributed by atoms with Crippen molar-refractivity contribution in [3.63, 3.8) is 0 Å². The Hall–Kier alpha value is -2.00. The number of carbonyl (C=O) groups excluding carboxylic acids is 1. The Kier molecular flexibility index (Phi) is 7.22. The van der Waals surface area contributed by atoms with E-state index in [-0.39, 0.29) is 23.3 Å². The van der Waals surface area contributed by atoms with Crippen molar-refractivity contribution in [3.05, 3.63) is 54.0 Å². The van der Waals surface area contributed by atoms with Gasteiger partial charge in [-0.25, -0.2) is 8.42 Å². The zero-order chi connectivity index (χ0) is 21.7. The fourth-order valence-electron chi connectivity index (χ4n) is 4.44. The van der Waals surface area contributed by atoms with Crippen LogP contribution in [0.25, 0.3) is 0 Å². The molecule has 0 aliphatic carbocycles. The molecule has 168 valence electrons. The summed E-state index contributed by atoms with van der Waals surface area (Å²) >= 11 is 0. The van der Waals surface area contributed by atoms with Crippen LogP contribution in [0, 0.1) is 0 Å². The van der Waals surface area contributed by atoms with Crippen LogP contribution in [0.15, 0.2) is 52.0 Å². The second-order valence-corrected chi connectivity index (χ2v) is 10.3. The zero-order valence-corrected chi connectivity index (χ0v) is 18.6. The van der Waals surface area contributed by atoms with Gasteiger partial charge in [-0.05, 0) is 63.0 Å². The summed E-state index contributed by atoms with van der Waals surface area (Å²) in [6.45, 7) is 4.04. The maximum Gasteiger partial charge on any atom is 0.243 e. The molecular formula is C23H31N3O4S. The van der Waals surface area contributed by atoms with Gasteiger partial charge in [0.1, 0.15) is 5.76 Å². The maximum atomic E-state index is 12.6. The van der Waals surface area contributed by atoms with Crippen molar-refractivity contribution in [2.45, 2.75) is 43.0 Å². The molecule has 7 nitrogen and oxygen atoms in total. The molecular weight excluding hydrogens is 414 g/mol. The molecule has 2 fully saturated rings. The predicted molar refractivity (Wildman–Crippen MR) is 119 cm³/mol. The highest BCUT2D eigenvalue weighted by Crippen LogP contribution is 2.25. The number of sulfonamides is 1. The largest absolute Gasteiger partial charge is 0.468 e. The average molecular weight is 446 g/mol. The monoisotopic (exact) mass is 445 g/mol. The van der Waals surface area contributed by atoms with Crippen LogP contribution in [0.2, 0.25) is 0 Å². The van der Waals surface area contributed by atoms with Crippen LogP contribution in [0.4, 0.5) is 0 Å². The predicted octanol–water partition coefficient (Wildman–Crippen LogP) is 3.06. The second kappa shape index (κ2) is 10.1. The lowest BCUT2D eigenvalue weighted by Gasteiger charge is -2.33. The normalized spacial score (nSPS) is 19.5. The van der Waals surface area contributed by atoms with Gasteiger partial charge < -0.3 is 9.73 Å². The van der Waals surface area contributed by atoms with Crippen LogP contribution in [0.3, 0.4) is 0 Å². The van der Waals surface area contributed by atoms with Crippen LogP contribution in [-0.4, -0.2) is 62.7 Å². The highest BCUT2D eigenvalue weighted by molar-refractivity contribution is 7.89. The third kappa shape index (κ3) is 5.26. The summed E-state index contributed by atoms with van der Waals surface area (Å²) in [6.07, 6.45) is 7.12. The molecule has 8 heteroatoms. The average Bonchev–Trinajstić information content (AvgIpc) is 3.52. The number of rotatable bonds is 9. The van der Waals surface area contributed by atoms with Gasteiger partial charge in [0.25, 0.3) is 0 Å². The van der Waals surface area contributed by atoms with Gasteiger partial charge in [-0.2, -0.15) is 4.31 Å². The molecule has 1 atom stereocenters. The summed E-state index contributed by atoms with van der Waals surface area (Å²) < 4.78 is 32.4. The minimum absolute atomic E-state index is 0.0537. The van der Waals surface area contributed by atoms with Crippen LogP contribution in [0.5, 0.6) is 0 Å². The Morgan fingerprint density at radius 2 is 1.65 bits per heavy atom. The Morgan fingerprint density at radius 3 is 2.29 bits per heavy atom. The smallest absolute Gasteiger partial charge is 0.243 e. The molecule has 0 spiro atoms. The van der Waals surface area contributed by atoms with Crippen molar-refractivity contribution in [3.8, 4) is 0 Å². The summed E-state index contributed by atoms with van der Waals surface area (Å²) in [7, 11) is -3.46. The first-order valence-electron chi connectivity index (χ1n) is 11.2. The lowest BCUT2D eigenvalue weighted by molar-refractivity contribution is 0.0980. The summed E-state index contributed by atoms with van der Waals surface area (Å²) in [6, 6.07) is 10.3. The number of likely N-dealkylation sites (tertiary alicyclic amines) is 1. The molecule has 0 radical (unpaired) electrons. The Balaban J connectivity index is 1.34. The van der Waals surface area contributed by atoms with Gasteiger partial charge >= 0.3 is 0 Å². The first-order valence-corrected chi connectivity index (χ1v) is 12.6. The summed E-state index contributed by atoms with van der Waals surface area (Å²) in [5.41, 5.74) is 0.514. The lowest BCUT2D eigenvalue weighted by Crippen LogP contribution is -2.40. The van der Waals surface area contributed by atoms with E-state index in [2.05, 4.69) is 10.2 Å². The minimum atomic E-state index is -3.46. The van der Waals surface area contributed by atoms with E-state index in [1.165, 1.54) is 23.6 Å². The summed E-state index contributed by atoms with van der Waals surface area (Å²) in [5, 5.41) is 3.28. The van der Waals surface area contributed by atoms with Gasteiger partial charge in [-0.15, -0.1) is 0 Å². The van der Waals surface area contributed by atoms with Gasteiger partial charge in [0.2, 0.25) is 10.0 Å². The number of ketones is 1. The summed E-state index contributed by atoms with van der Waals surface area (Å²) in [4.78, 5) is 15.3. The van der Waals surface area contributed by atoms with Crippen LogP contribution < -0.4 is 5.32 Å². The van der Waals surface area contributed by atoms with Crippen molar-refractivity contribution >= 4 is 15.8 Å². The standard InChI is InChI=1S/C23H31N3O4S/c27-22(19-8-10-20(11-9-19)31(28,29)26-14-4-5-15-26)18-24-17-21(23-7-6-16-30-23)25-12-2-1-3-13-25/h6-11,16,21,24H,1-5,12-15,17-18H2. The lowest BCUT2D eigenvalue weighted by atomic mass is 10.1. The molecule has 4 rings (SSSR count). The van der Waals surface area contributed by atoms with Crippen molar-refractivity contribution < 1.29 is 17.6 Å². The fraction of sp³-hybridized carbons (Fsp3) is 0.522. The highest BCUT2D eigenvalue weighted by atomic mass is 32.2. The Labute approximate surface area is 184 Å². The van der Waals surface area contributed by atoms with Crippen molar-refractivity contribution in [1.82, 2.24) is 14.5 Å². The van der Waals surface area contributed by atoms with E-state index in [0.717, 1.165) is 31.7 Å². The topological polar surface area (TPSA) is 82.9 Å². The quantitative estimate of drug-likeness (QED) is 0.598. The van der Waals surface area contributed by atoms with Crippen molar-refractivity contribution in [2.24, 2.45) is 0 Å². The van der Waals surface area contributed by atoms with E-state index in [1.54, 1.807) is 30.5 Å². The molecule has 1 unspecified atom stereocenters. The molecule has 0 amide bonds. The van der Waals surface area contributed by atoms with E-state index in [1.807, 2.05) is 12.1 Å². The van der Waals surface area contributed by atoms with Crippen LogP contribution in [0.1, 0.15) is 54.3 Å². The number of benzene rings is 1. The number of hydrogen-bond acceptors (Lipinski definition) is 6. The molecule has 3 heterocycles. The number of nitrogens with one attached hydrogen (secondary N) is 1. The highest BCUT2D eigenvalue weighted by Gasteiger charge is 2.27. The summed E-state index contributed by atoms with van der Waals surface area (Å²) in [5.74, 6) is 0.861. The third-order valence-electron chi connectivity index (χ3n) is 6.21. The number of carbonyl (C=O) groups is 1. The molecule has 2 aliphatic heterocycles. The van der Waals surface area contributed by atoms with E-state index < -0.39 is 10.0 Å². The van der Waals surface area contributed by atoms with E-state index in [4.69, 9.17) is 4.42 Å². The number of nitrogens with zero attached hydrogens (tertiary/aromatic N) is 2. The van der Waals surface area contributed by atoms with Gasteiger partial charge in [0.15, 0.2) is 5.78 Å². The molecule has 1 N–H and O–H groups in total. The number of hydrogen-bond donors (Lipinski definition) is 1. The van der Waals surface area contributed by atoms with Crippen LogP contribution >= 0.6 is 0 Å². The molecule has 1 aromatic heterocycles. The minimum Gasteiger partial charge on any atom is -0.468 e. The molecule has 2 aliphatic rings. The SMILES string of the molecule is O=C(CNCC(c1ccco1)N1CCCCC1)c1ccc(S(=O)(=O)N2CCCC2)cc1. The van der Waals surface area contributed by atoms with Crippen molar-refractivity contribution in [2.75, 3.05) is 39.3 Å². The van der Waals surface area contributed by atoms with E-state index in [9.17, 15) is 13.2 Å². The second-order valence-electron chi connectivity index (χ2n) is 8.32. The van der Waals surface area contributed by atoms with E-state index in [0.29, 0.717) is 25.2 Å². The van der Waals surface area contributed by atoms with E-state index >= 15 is 0 Å². The fourth-order valence-corrected chi connectivity index (χ4v) is 5.95. The van der Waals surface area contributed by atoms with Gasteiger partial charge in [0.05, 0.1) is 23.7 Å². The first-order chi connectivity index (χ1) is 15.1. The molecule has 31 heavy (non-hydrogen) atoms. The Bertz CT molecular complexity index is 945. The van der Waals surface area contributed by atoms with Crippen molar-refractivity contribution in [1.29, 1.82) is 0 Å². The number of furan rings is 1. The van der Waals surface area contributed by atoms with Gasteiger partial charge in [-0.3, -0.25) is 9.69 Å². The molecule has 2 saturated heterocycles. The molecule has 0 saturated carbocycles. The zero-order valence-electron chi connectivity index (χ0n) is 17.8. The number of Topliss-reactive ketones (excluding diaryl/α,β-unsaturated/α-hetero) is 1. The third-order valence-corrected chi connectivity index (χ3v) is 8.12. The maximum absolute atomic E-state index is 12.6.